The molecule has 4 rings (SSSR count). The molecule has 1 saturated heterocycles. The number of aryl methyl sites for hydroxylation is 1. The van der Waals surface area contributed by atoms with Gasteiger partial charge >= 0.3 is 6.03 Å². The molecule has 2 aromatic rings. The summed E-state index contributed by atoms with van der Waals surface area (Å²) in [7, 11) is 0. The Balaban J connectivity index is 1.19. The first-order chi connectivity index (χ1) is 13.6. The third-order valence-corrected chi connectivity index (χ3v) is 5.31. The van der Waals surface area contributed by atoms with Gasteiger partial charge in [-0.15, -0.1) is 0 Å². The highest BCUT2D eigenvalue weighted by atomic mass is 35.5. The standard InChI is InChI=1S/C21H22ClN3O3/c22-17-4-1-14(2-5-17)10-23-21(27)25-11-15(12-25)13-28-18-6-7-19-16(9-18)3-8-20(26)24-19/h1-2,4-7,9,15H,3,8,10-13H2,(H,23,27)(H,24,26). The lowest BCUT2D eigenvalue weighted by Crippen LogP contribution is -2.55. The highest BCUT2D eigenvalue weighted by molar-refractivity contribution is 6.30. The van der Waals surface area contributed by atoms with Crippen molar-refractivity contribution in [1.29, 1.82) is 0 Å². The topological polar surface area (TPSA) is 70.7 Å². The summed E-state index contributed by atoms with van der Waals surface area (Å²) in [6, 6.07) is 13.1. The van der Waals surface area contributed by atoms with Gasteiger partial charge in [-0.2, -0.15) is 0 Å². The van der Waals surface area contributed by atoms with E-state index in [1.54, 1.807) is 4.90 Å². The number of anilines is 1. The highest BCUT2D eigenvalue weighted by Gasteiger charge is 2.31. The van der Waals surface area contributed by atoms with Gasteiger partial charge in [0.25, 0.3) is 0 Å². The van der Waals surface area contributed by atoms with E-state index < -0.39 is 0 Å². The molecule has 2 aliphatic rings. The highest BCUT2D eigenvalue weighted by Crippen LogP contribution is 2.27. The minimum absolute atomic E-state index is 0.0595. The molecular weight excluding hydrogens is 378 g/mol. The van der Waals surface area contributed by atoms with Gasteiger partial charge in [0.15, 0.2) is 0 Å². The van der Waals surface area contributed by atoms with Crippen LogP contribution in [0.4, 0.5) is 10.5 Å². The van der Waals surface area contributed by atoms with Crippen LogP contribution in [0.15, 0.2) is 42.5 Å². The number of nitrogens with one attached hydrogen (secondary N) is 2. The second-order valence-corrected chi connectivity index (χ2v) is 7.67. The predicted octanol–water partition coefficient (Wildman–Crippen LogP) is 3.45. The molecule has 0 bridgehead atoms. The number of hydrogen-bond acceptors (Lipinski definition) is 3. The van der Waals surface area contributed by atoms with Crippen molar-refractivity contribution in [3.63, 3.8) is 0 Å². The normalized spacial score (nSPS) is 16.0. The first-order valence-corrected chi connectivity index (χ1v) is 9.77. The fourth-order valence-electron chi connectivity index (χ4n) is 3.40. The molecule has 0 aromatic heterocycles. The van der Waals surface area contributed by atoms with Gasteiger partial charge in [-0.05, 0) is 47.9 Å². The lowest BCUT2D eigenvalue weighted by molar-refractivity contribution is -0.116. The largest absolute Gasteiger partial charge is 0.493 e. The Labute approximate surface area is 168 Å². The molecule has 28 heavy (non-hydrogen) atoms. The number of hydrogen-bond donors (Lipinski definition) is 2. The second-order valence-electron chi connectivity index (χ2n) is 7.23. The lowest BCUT2D eigenvalue weighted by Gasteiger charge is -2.38. The Morgan fingerprint density at radius 2 is 1.96 bits per heavy atom. The minimum atomic E-state index is -0.0595. The van der Waals surface area contributed by atoms with Gasteiger partial charge in [-0.1, -0.05) is 23.7 Å². The Kier molecular flexibility index (Phi) is 5.39. The fraction of sp³-hybridized carbons (Fsp3) is 0.333. The van der Waals surface area contributed by atoms with Gasteiger partial charge < -0.3 is 20.3 Å². The SMILES string of the molecule is O=C1CCc2cc(OCC3CN(C(=O)NCc4ccc(Cl)cc4)C3)ccc2N1. The van der Waals surface area contributed by atoms with Crippen LogP contribution >= 0.6 is 11.6 Å². The molecule has 2 aromatic carbocycles. The summed E-state index contributed by atoms with van der Waals surface area (Å²) in [5.41, 5.74) is 2.99. The van der Waals surface area contributed by atoms with Crippen LogP contribution in [0.1, 0.15) is 17.5 Å². The lowest BCUT2D eigenvalue weighted by atomic mass is 10.0. The zero-order valence-corrected chi connectivity index (χ0v) is 16.2. The average molecular weight is 400 g/mol. The van der Waals surface area contributed by atoms with Crippen LogP contribution in [0.2, 0.25) is 5.02 Å². The molecular formula is C21H22ClN3O3. The predicted molar refractivity (Wildman–Crippen MR) is 108 cm³/mol. The van der Waals surface area contributed by atoms with E-state index in [-0.39, 0.29) is 11.9 Å². The van der Waals surface area contributed by atoms with Gasteiger partial charge in [0, 0.05) is 42.7 Å². The number of carbonyl (C=O) groups is 2. The molecule has 0 radical (unpaired) electrons. The number of urea groups is 1. The first kappa shape index (κ1) is 18.6. The van der Waals surface area contributed by atoms with Gasteiger partial charge in [0.2, 0.25) is 5.91 Å². The van der Waals surface area contributed by atoms with Crippen LogP contribution in [0, 0.1) is 5.92 Å². The summed E-state index contributed by atoms with van der Waals surface area (Å²) < 4.78 is 5.89. The van der Waals surface area contributed by atoms with Crippen molar-refractivity contribution in [2.45, 2.75) is 19.4 Å². The molecule has 7 heteroatoms. The number of ether oxygens (including phenoxy) is 1. The fourth-order valence-corrected chi connectivity index (χ4v) is 3.52. The van der Waals surface area contributed by atoms with Crippen LogP contribution in [-0.2, 0) is 17.8 Å². The summed E-state index contributed by atoms with van der Waals surface area (Å²) >= 11 is 5.86. The number of likely N-dealkylation sites (tertiary alicyclic amines) is 1. The first-order valence-electron chi connectivity index (χ1n) is 9.39. The van der Waals surface area contributed by atoms with Crippen LogP contribution in [-0.4, -0.2) is 36.5 Å². The van der Waals surface area contributed by atoms with E-state index in [0.29, 0.717) is 43.6 Å². The van der Waals surface area contributed by atoms with Gasteiger partial charge in [-0.3, -0.25) is 4.79 Å². The third kappa shape index (κ3) is 4.39. The molecule has 146 valence electrons. The zero-order valence-electron chi connectivity index (χ0n) is 15.4. The molecule has 3 amide bonds. The Morgan fingerprint density at radius 3 is 2.75 bits per heavy atom. The van der Waals surface area contributed by atoms with E-state index in [0.717, 1.165) is 29.0 Å². The molecule has 2 aliphatic heterocycles. The van der Waals surface area contributed by atoms with Crippen molar-refractivity contribution < 1.29 is 14.3 Å². The van der Waals surface area contributed by atoms with Gasteiger partial charge in [0.1, 0.15) is 5.75 Å². The molecule has 1 fully saturated rings. The van der Waals surface area contributed by atoms with E-state index in [9.17, 15) is 9.59 Å². The molecule has 0 atom stereocenters. The maximum atomic E-state index is 12.2. The molecule has 0 spiro atoms. The van der Waals surface area contributed by atoms with Crippen molar-refractivity contribution in [3.8, 4) is 5.75 Å². The molecule has 2 heterocycles. The zero-order chi connectivity index (χ0) is 19.5. The monoisotopic (exact) mass is 399 g/mol. The number of halogens is 1. The average Bonchev–Trinajstić information content (AvgIpc) is 2.66. The number of rotatable bonds is 5. The second kappa shape index (κ2) is 8.10. The number of nitrogens with zero attached hydrogens (tertiary/aromatic N) is 1. The maximum absolute atomic E-state index is 12.2. The summed E-state index contributed by atoms with van der Waals surface area (Å²) in [4.78, 5) is 25.4. The van der Waals surface area contributed by atoms with E-state index in [1.807, 2.05) is 42.5 Å². The van der Waals surface area contributed by atoms with Crippen LogP contribution in [0.5, 0.6) is 5.75 Å². The smallest absolute Gasteiger partial charge is 0.317 e. The third-order valence-electron chi connectivity index (χ3n) is 5.06. The summed E-state index contributed by atoms with van der Waals surface area (Å²) in [6.45, 7) is 2.44. The van der Waals surface area contributed by atoms with Crippen LogP contribution in [0.25, 0.3) is 0 Å². The van der Waals surface area contributed by atoms with Crippen molar-refractivity contribution in [2.24, 2.45) is 5.92 Å². The van der Waals surface area contributed by atoms with Crippen molar-refractivity contribution in [1.82, 2.24) is 10.2 Å². The van der Waals surface area contributed by atoms with E-state index >= 15 is 0 Å². The van der Waals surface area contributed by atoms with Gasteiger partial charge in [0.05, 0.1) is 6.61 Å². The molecule has 6 nitrogen and oxygen atoms in total. The molecule has 0 unspecified atom stereocenters. The Morgan fingerprint density at radius 1 is 1.18 bits per heavy atom. The molecule has 2 N–H and O–H groups in total. The molecule has 0 saturated carbocycles. The summed E-state index contributed by atoms with van der Waals surface area (Å²) in [5, 5.41) is 6.47. The number of benzene rings is 2. The quantitative estimate of drug-likeness (QED) is 0.809. The van der Waals surface area contributed by atoms with Gasteiger partial charge in [-0.25, -0.2) is 4.79 Å². The summed E-state index contributed by atoms with van der Waals surface area (Å²) in [5.74, 6) is 1.20. The van der Waals surface area contributed by atoms with E-state index in [1.165, 1.54) is 0 Å². The Bertz CT molecular complexity index is 879. The van der Waals surface area contributed by atoms with Crippen LogP contribution in [0.3, 0.4) is 0 Å². The van der Waals surface area contributed by atoms with Crippen molar-refractivity contribution in [2.75, 3.05) is 25.0 Å². The summed E-state index contributed by atoms with van der Waals surface area (Å²) in [6.07, 6.45) is 1.25. The number of amides is 3. The van der Waals surface area contributed by atoms with Crippen molar-refractivity contribution >= 4 is 29.2 Å². The van der Waals surface area contributed by atoms with E-state index in [4.69, 9.17) is 16.3 Å². The number of fused-ring (bicyclic) bond motifs is 1. The van der Waals surface area contributed by atoms with Crippen LogP contribution < -0.4 is 15.4 Å². The Hall–Kier alpha value is -2.73. The van der Waals surface area contributed by atoms with Crippen molar-refractivity contribution in [3.05, 3.63) is 58.6 Å². The minimum Gasteiger partial charge on any atom is -0.493 e. The maximum Gasteiger partial charge on any atom is 0.317 e. The molecule has 0 aliphatic carbocycles. The number of carbonyl (C=O) groups excluding carboxylic acids is 2. The van der Waals surface area contributed by atoms with E-state index in [2.05, 4.69) is 10.6 Å².